The van der Waals surface area contributed by atoms with Crippen molar-refractivity contribution in [2.24, 2.45) is 4.99 Å². The Morgan fingerprint density at radius 2 is 1.74 bits per heavy atom. The number of guanidine groups is 1. The molecule has 0 spiro atoms. The lowest BCUT2D eigenvalue weighted by atomic mass is 10.3. The zero-order valence-electron chi connectivity index (χ0n) is 17.0. The highest BCUT2D eigenvalue weighted by Crippen LogP contribution is 2.17. The molecule has 0 saturated carbocycles. The van der Waals surface area contributed by atoms with Gasteiger partial charge in [0.1, 0.15) is 18.1 Å². The van der Waals surface area contributed by atoms with Crippen molar-refractivity contribution in [1.29, 1.82) is 0 Å². The van der Waals surface area contributed by atoms with Crippen LogP contribution in [0.5, 0.6) is 11.5 Å². The van der Waals surface area contributed by atoms with E-state index in [2.05, 4.69) is 10.3 Å². The molecule has 27 heavy (non-hydrogen) atoms. The fourth-order valence-electron chi connectivity index (χ4n) is 2.07. The third-order valence-electron chi connectivity index (χ3n) is 3.92. The standard InChI is InChI=1S/C18H31N3O4S.HI/c1-18(2,3)26(22,23)14-11-20-17(19-4)21(5)12-13-25-16-9-7-15(24-6)8-10-16;/h7-10H,11-14H2,1-6H3,(H,19,20);1H. The highest BCUT2D eigenvalue weighted by Gasteiger charge is 2.28. The number of benzene rings is 1. The minimum atomic E-state index is -3.16. The molecule has 9 heteroatoms. The first-order valence-electron chi connectivity index (χ1n) is 8.51. The first kappa shape index (κ1) is 25.8. The molecule has 0 fully saturated rings. The van der Waals surface area contributed by atoms with E-state index in [1.54, 1.807) is 34.9 Å². The second-order valence-electron chi connectivity index (χ2n) is 6.85. The Bertz CT molecular complexity index is 686. The number of rotatable bonds is 8. The summed E-state index contributed by atoms with van der Waals surface area (Å²) in [6.45, 7) is 6.52. The molecule has 0 saturated heterocycles. The molecule has 0 amide bonds. The predicted octanol–water partition coefficient (Wildman–Crippen LogP) is 2.41. The van der Waals surface area contributed by atoms with Crippen LogP contribution in [0.15, 0.2) is 29.3 Å². The number of nitrogens with zero attached hydrogens (tertiary/aromatic N) is 2. The first-order chi connectivity index (χ1) is 12.1. The maximum atomic E-state index is 12.1. The number of hydrogen-bond donors (Lipinski definition) is 1. The van der Waals surface area contributed by atoms with Crippen LogP contribution in [0.1, 0.15) is 20.8 Å². The summed E-state index contributed by atoms with van der Waals surface area (Å²) in [5.41, 5.74) is 0. The minimum Gasteiger partial charge on any atom is -0.497 e. The van der Waals surface area contributed by atoms with Crippen LogP contribution in [-0.4, -0.2) is 70.7 Å². The highest BCUT2D eigenvalue weighted by molar-refractivity contribution is 14.0. The number of hydrogen-bond acceptors (Lipinski definition) is 5. The van der Waals surface area contributed by atoms with E-state index < -0.39 is 14.6 Å². The SMILES string of the molecule is CN=C(NCCS(=O)(=O)C(C)(C)C)N(C)CCOc1ccc(OC)cc1.I. The molecule has 1 aromatic rings. The van der Waals surface area contributed by atoms with Gasteiger partial charge in [-0.1, -0.05) is 0 Å². The van der Waals surface area contributed by atoms with Crippen molar-refractivity contribution in [1.82, 2.24) is 10.2 Å². The summed E-state index contributed by atoms with van der Waals surface area (Å²) >= 11 is 0. The fraction of sp³-hybridized carbons (Fsp3) is 0.611. The number of halogens is 1. The van der Waals surface area contributed by atoms with Crippen molar-refractivity contribution < 1.29 is 17.9 Å². The molecule has 7 nitrogen and oxygen atoms in total. The summed E-state index contributed by atoms with van der Waals surface area (Å²) in [6, 6.07) is 7.39. The van der Waals surface area contributed by atoms with E-state index in [4.69, 9.17) is 9.47 Å². The molecule has 1 rings (SSSR count). The highest BCUT2D eigenvalue weighted by atomic mass is 127. The van der Waals surface area contributed by atoms with Gasteiger partial charge in [0.15, 0.2) is 15.8 Å². The zero-order valence-corrected chi connectivity index (χ0v) is 20.1. The van der Waals surface area contributed by atoms with Crippen molar-refractivity contribution in [3.05, 3.63) is 24.3 Å². The van der Waals surface area contributed by atoms with Gasteiger partial charge in [-0.3, -0.25) is 4.99 Å². The van der Waals surface area contributed by atoms with Crippen molar-refractivity contribution in [3.63, 3.8) is 0 Å². The second-order valence-corrected chi connectivity index (χ2v) is 9.71. The van der Waals surface area contributed by atoms with E-state index >= 15 is 0 Å². The Morgan fingerprint density at radius 3 is 2.22 bits per heavy atom. The minimum absolute atomic E-state index is 0. The average molecular weight is 513 g/mol. The lowest BCUT2D eigenvalue weighted by Crippen LogP contribution is -2.43. The lowest BCUT2D eigenvalue weighted by Gasteiger charge is -2.23. The molecule has 1 aromatic carbocycles. The summed E-state index contributed by atoms with van der Waals surface area (Å²) < 4.78 is 34.3. The summed E-state index contributed by atoms with van der Waals surface area (Å²) in [5.74, 6) is 2.24. The molecule has 156 valence electrons. The lowest BCUT2D eigenvalue weighted by molar-refractivity contribution is 0.281. The van der Waals surface area contributed by atoms with E-state index in [0.717, 1.165) is 11.5 Å². The fourth-order valence-corrected chi connectivity index (χ4v) is 3.05. The number of methoxy groups -OCH3 is 1. The molecule has 1 N–H and O–H groups in total. The molecular weight excluding hydrogens is 481 g/mol. The molecule has 0 bridgehead atoms. The molecule has 0 radical (unpaired) electrons. The van der Waals surface area contributed by atoms with Gasteiger partial charge in [0, 0.05) is 20.6 Å². The van der Waals surface area contributed by atoms with E-state index in [1.807, 2.05) is 36.2 Å². The van der Waals surface area contributed by atoms with E-state index in [9.17, 15) is 8.42 Å². The van der Waals surface area contributed by atoms with Gasteiger partial charge in [-0.2, -0.15) is 0 Å². The van der Waals surface area contributed by atoms with Crippen LogP contribution >= 0.6 is 24.0 Å². The van der Waals surface area contributed by atoms with E-state index in [0.29, 0.717) is 25.7 Å². The first-order valence-corrected chi connectivity index (χ1v) is 10.2. The van der Waals surface area contributed by atoms with Crippen LogP contribution in [0.2, 0.25) is 0 Å². The number of aliphatic imine (C=N–C) groups is 1. The summed E-state index contributed by atoms with van der Waals surface area (Å²) in [6.07, 6.45) is 0. The maximum absolute atomic E-state index is 12.1. The van der Waals surface area contributed by atoms with Crippen molar-refractivity contribution in [2.45, 2.75) is 25.5 Å². The number of nitrogens with one attached hydrogen (secondary N) is 1. The molecule has 0 aliphatic carbocycles. The largest absolute Gasteiger partial charge is 0.497 e. The number of likely N-dealkylation sites (N-methyl/N-ethyl adjacent to an activating group) is 1. The molecule has 0 unspecified atom stereocenters. The van der Waals surface area contributed by atoms with Gasteiger partial charge >= 0.3 is 0 Å². The average Bonchev–Trinajstić information content (AvgIpc) is 2.58. The smallest absolute Gasteiger partial charge is 0.193 e. The van der Waals surface area contributed by atoms with E-state index in [1.165, 1.54) is 0 Å². The monoisotopic (exact) mass is 513 g/mol. The Labute approximate surface area is 180 Å². The third-order valence-corrected chi connectivity index (χ3v) is 6.52. The van der Waals surface area contributed by atoms with Gasteiger partial charge in [-0.25, -0.2) is 8.42 Å². The van der Waals surface area contributed by atoms with Crippen LogP contribution in [0.4, 0.5) is 0 Å². The third kappa shape index (κ3) is 8.54. The van der Waals surface area contributed by atoms with Crippen LogP contribution in [-0.2, 0) is 9.84 Å². The van der Waals surface area contributed by atoms with Gasteiger partial charge in [-0.05, 0) is 45.0 Å². The topological polar surface area (TPSA) is 80.2 Å². The number of ether oxygens (including phenoxy) is 2. The second kappa shape index (κ2) is 11.6. The molecule has 0 atom stereocenters. The normalized spacial score (nSPS) is 12.1. The molecule has 0 aliphatic rings. The molecule has 0 aliphatic heterocycles. The molecule has 0 heterocycles. The molecular formula is C18H32IN3O4S. The van der Waals surface area contributed by atoms with E-state index in [-0.39, 0.29) is 29.7 Å². The molecule has 0 aromatic heterocycles. The summed E-state index contributed by atoms with van der Waals surface area (Å²) in [7, 11) is 2.01. The Hall–Kier alpha value is -1.23. The van der Waals surface area contributed by atoms with Gasteiger partial charge < -0.3 is 19.7 Å². The Kier molecular flexibility index (Phi) is 11.0. The summed E-state index contributed by atoms with van der Waals surface area (Å²) in [5, 5.41) is 3.09. The van der Waals surface area contributed by atoms with Crippen LogP contribution in [0.3, 0.4) is 0 Å². The van der Waals surface area contributed by atoms with Crippen LogP contribution < -0.4 is 14.8 Å². The van der Waals surface area contributed by atoms with Gasteiger partial charge in [0.2, 0.25) is 0 Å². The van der Waals surface area contributed by atoms with Gasteiger partial charge in [0.25, 0.3) is 0 Å². The maximum Gasteiger partial charge on any atom is 0.193 e. The van der Waals surface area contributed by atoms with Crippen LogP contribution in [0, 0.1) is 0 Å². The van der Waals surface area contributed by atoms with Crippen molar-refractivity contribution in [2.75, 3.05) is 46.7 Å². The zero-order chi connectivity index (χ0) is 19.8. The van der Waals surface area contributed by atoms with Crippen molar-refractivity contribution in [3.8, 4) is 11.5 Å². The predicted molar refractivity (Wildman–Crippen MR) is 121 cm³/mol. The van der Waals surface area contributed by atoms with Crippen molar-refractivity contribution >= 4 is 39.8 Å². The van der Waals surface area contributed by atoms with Gasteiger partial charge in [-0.15, -0.1) is 24.0 Å². The number of sulfone groups is 1. The quantitative estimate of drug-likeness (QED) is 0.327. The Morgan fingerprint density at radius 1 is 1.19 bits per heavy atom. The van der Waals surface area contributed by atoms with Crippen LogP contribution in [0.25, 0.3) is 0 Å². The van der Waals surface area contributed by atoms with Gasteiger partial charge in [0.05, 0.1) is 24.2 Å². The Balaban J connectivity index is 0.00000676. The summed E-state index contributed by atoms with van der Waals surface area (Å²) in [4.78, 5) is 6.08.